The summed E-state index contributed by atoms with van der Waals surface area (Å²) in [5.74, 6) is -0.0752. The lowest BCUT2D eigenvalue weighted by Crippen LogP contribution is -2.41. The van der Waals surface area contributed by atoms with Crippen molar-refractivity contribution in [3.63, 3.8) is 0 Å². The van der Waals surface area contributed by atoms with Crippen LogP contribution >= 0.6 is 11.6 Å². The monoisotopic (exact) mass is 487 g/mol. The van der Waals surface area contributed by atoms with Gasteiger partial charge in [0.15, 0.2) is 11.5 Å². The van der Waals surface area contributed by atoms with Crippen LogP contribution in [0.2, 0.25) is 5.02 Å². The van der Waals surface area contributed by atoms with Crippen molar-refractivity contribution in [3.05, 3.63) is 88.4 Å². The second-order valence-electron chi connectivity index (χ2n) is 6.96. The highest BCUT2D eigenvalue weighted by atomic mass is 35.5. The summed E-state index contributed by atoms with van der Waals surface area (Å²) in [5.41, 5.74) is 5.56. The van der Waals surface area contributed by atoms with Crippen molar-refractivity contribution in [3.8, 4) is 11.5 Å². The number of hydrazine groups is 1. The number of amides is 2. The molecule has 1 aliphatic heterocycles. The summed E-state index contributed by atoms with van der Waals surface area (Å²) in [7, 11) is -3.91. The molecule has 33 heavy (non-hydrogen) atoms. The van der Waals surface area contributed by atoms with E-state index in [1.807, 2.05) is 0 Å². The standard InChI is InChI=1S/C22H18ClN3O6S/c23-17-7-5-15(6-8-17)21(27)25-26-22(28)16-2-1-3-18(11-16)33(29,30)24-12-14-4-9-19-20(10-14)32-13-31-19/h1-11,24H,12-13H2,(H,25,27)(H,26,28). The third-order valence-electron chi connectivity index (χ3n) is 4.71. The lowest BCUT2D eigenvalue weighted by molar-refractivity contribution is 0.0846. The van der Waals surface area contributed by atoms with Gasteiger partial charge in [-0.05, 0) is 60.2 Å². The molecule has 1 aliphatic rings. The fraction of sp³-hybridized carbons (Fsp3) is 0.0909. The first-order chi connectivity index (χ1) is 15.8. The number of fused-ring (bicyclic) bond motifs is 1. The van der Waals surface area contributed by atoms with Gasteiger partial charge < -0.3 is 9.47 Å². The van der Waals surface area contributed by atoms with E-state index in [0.29, 0.717) is 27.6 Å². The molecule has 0 spiro atoms. The molecule has 0 unspecified atom stereocenters. The van der Waals surface area contributed by atoms with E-state index < -0.39 is 21.8 Å². The fourth-order valence-corrected chi connectivity index (χ4v) is 4.17. The maximum absolute atomic E-state index is 12.7. The first-order valence-corrected chi connectivity index (χ1v) is 11.5. The molecule has 9 nitrogen and oxygen atoms in total. The number of hydrogen-bond acceptors (Lipinski definition) is 6. The van der Waals surface area contributed by atoms with Gasteiger partial charge in [-0.25, -0.2) is 13.1 Å². The number of sulfonamides is 1. The van der Waals surface area contributed by atoms with Crippen LogP contribution in [0.1, 0.15) is 26.3 Å². The molecule has 3 N–H and O–H groups in total. The summed E-state index contributed by atoms with van der Waals surface area (Å²) in [6.45, 7) is 0.145. The van der Waals surface area contributed by atoms with Crippen LogP contribution in [0.15, 0.2) is 71.6 Å². The summed E-state index contributed by atoms with van der Waals surface area (Å²) in [6, 6.07) is 16.7. The number of carbonyl (C=O) groups excluding carboxylic acids is 2. The molecule has 2 amide bonds. The zero-order valence-electron chi connectivity index (χ0n) is 17.0. The number of halogens is 1. The Balaban J connectivity index is 1.39. The van der Waals surface area contributed by atoms with Crippen molar-refractivity contribution in [2.45, 2.75) is 11.4 Å². The van der Waals surface area contributed by atoms with Gasteiger partial charge in [0.1, 0.15) is 0 Å². The van der Waals surface area contributed by atoms with E-state index in [4.69, 9.17) is 21.1 Å². The number of nitrogens with one attached hydrogen (secondary N) is 3. The zero-order valence-corrected chi connectivity index (χ0v) is 18.6. The Morgan fingerprint density at radius 1 is 0.848 bits per heavy atom. The van der Waals surface area contributed by atoms with E-state index in [-0.39, 0.29) is 23.8 Å². The van der Waals surface area contributed by atoms with Crippen LogP contribution in [-0.2, 0) is 16.6 Å². The quantitative estimate of drug-likeness (QED) is 0.459. The smallest absolute Gasteiger partial charge is 0.269 e. The van der Waals surface area contributed by atoms with Gasteiger partial charge in [0.05, 0.1) is 4.90 Å². The van der Waals surface area contributed by atoms with Crippen LogP contribution in [0.5, 0.6) is 11.5 Å². The van der Waals surface area contributed by atoms with Crippen molar-refractivity contribution in [2.24, 2.45) is 0 Å². The average molecular weight is 488 g/mol. The van der Waals surface area contributed by atoms with Gasteiger partial charge in [-0.1, -0.05) is 23.7 Å². The van der Waals surface area contributed by atoms with E-state index in [2.05, 4.69) is 15.6 Å². The van der Waals surface area contributed by atoms with Crippen LogP contribution in [-0.4, -0.2) is 27.0 Å². The normalized spacial score (nSPS) is 12.3. The van der Waals surface area contributed by atoms with E-state index in [9.17, 15) is 18.0 Å². The van der Waals surface area contributed by atoms with Crippen LogP contribution in [0.4, 0.5) is 0 Å². The highest BCUT2D eigenvalue weighted by Crippen LogP contribution is 2.32. The second kappa shape index (κ2) is 9.49. The molecule has 1 heterocycles. The highest BCUT2D eigenvalue weighted by molar-refractivity contribution is 7.89. The first kappa shape index (κ1) is 22.6. The van der Waals surface area contributed by atoms with Crippen LogP contribution < -0.4 is 25.0 Å². The van der Waals surface area contributed by atoms with E-state index in [1.165, 1.54) is 36.4 Å². The molecule has 0 radical (unpaired) electrons. The van der Waals surface area contributed by atoms with Crippen molar-refractivity contribution in [1.82, 2.24) is 15.6 Å². The van der Waals surface area contributed by atoms with Crippen LogP contribution in [0.25, 0.3) is 0 Å². The Kier molecular flexibility index (Phi) is 6.50. The number of hydrogen-bond donors (Lipinski definition) is 3. The van der Waals surface area contributed by atoms with Gasteiger partial charge in [-0.15, -0.1) is 0 Å². The van der Waals surface area contributed by atoms with E-state index >= 15 is 0 Å². The van der Waals surface area contributed by atoms with Gasteiger partial charge in [0, 0.05) is 22.7 Å². The minimum atomic E-state index is -3.91. The summed E-state index contributed by atoms with van der Waals surface area (Å²) in [6.07, 6.45) is 0. The third-order valence-corrected chi connectivity index (χ3v) is 6.36. The molecule has 3 aromatic carbocycles. The lowest BCUT2D eigenvalue weighted by atomic mass is 10.2. The molecule has 3 aromatic rings. The van der Waals surface area contributed by atoms with E-state index in [1.54, 1.807) is 30.3 Å². The van der Waals surface area contributed by atoms with Crippen molar-refractivity contribution in [2.75, 3.05) is 6.79 Å². The molecule has 0 saturated carbocycles. The lowest BCUT2D eigenvalue weighted by Gasteiger charge is -2.10. The third kappa shape index (κ3) is 5.43. The van der Waals surface area contributed by atoms with Gasteiger partial charge in [0.25, 0.3) is 11.8 Å². The maximum Gasteiger partial charge on any atom is 0.269 e. The first-order valence-electron chi connectivity index (χ1n) is 9.66. The summed E-state index contributed by atoms with van der Waals surface area (Å²) in [4.78, 5) is 24.4. The summed E-state index contributed by atoms with van der Waals surface area (Å²) >= 11 is 5.79. The van der Waals surface area contributed by atoms with Crippen LogP contribution in [0.3, 0.4) is 0 Å². The Morgan fingerprint density at radius 3 is 2.30 bits per heavy atom. The van der Waals surface area contributed by atoms with Crippen LogP contribution in [0, 0.1) is 0 Å². The number of carbonyl (C=O) groups is 2. The topological polar surface area (TPSA) is 123 Å². The molecular weight excluding hydrogens is 470 g/mol. The predicted molar refractivity (Wildman–Crippen MR) is 119 cm³/mol. The number of ether oxygens (including phenoxy) is 2. The van der Waals surface area contributed by atoms with Crippen molar-refractivity contribution >= 4 is 33.4 Å². The Bertz CT molecular complexity index is 1310. The Labute approximate surface area is 194 Å². The molecule has 0 aliphatic carbocycles. The summed E-state index contributed by atoms with van der Waals surface area (Å²) < 4.78 is 38.4. The molecule has 0 bridgehead atoms. The highest BCUT2D eigenvalue weighted by Gasteiger charge is 2.18. The minimum absolute atomic E-state index is 0.0204. The maximum atomic E-state index is 12.7. The predicted octanol–water partition coefficient (Wildman–Crippen LogP) is 2.62. The Morgan fingerprint density at radius 2 is 1.55 bits per heavy atom. The Hall–Kier alpha value is -3.60. The van der Waals surface area contributed by atoms with E-state index in [0.717, 1.165) is 0 Å². The minimum Gasteiger partial charge on any atom is -0.454 e. The average Bonchev–Trinajstić information content (AvgIpc) is 3.29. The van der Waals surface area contributed by atoms with Gasteiger partial charge in [-0.3, -0.25) is 20.4 Å². The fourth-order valence-electron chi connectivity index (χ4n) is 2.98. The zero-order chi connectivity index (χ0) is 23.4. The molecule has 4 rings (SSSR count). The second-order valence-corrected chi connectivity index (χ2v) is 9.16. The molecule has 0 saturated heterocycles. The molecule has 0 fully saturated rings. The van der Waals surface area contributed by atoms with Gasteiger partial charge >= 0.3 is 0 Å². The molecule has 170 valence electrons. The van der Waals surface area contributed by atoms with Gasteiger partial charge in [0.2, 0.25) is 16.8 Å². The number of benzene rings is 3. The largest absolute Gasteiger partial charge is 0.454 e. The van der Waals surface area contributed by atoms with Crippen molar-refractivity contribution in [1.29, 1.82) is 0 Å². The SMILES string of the molecule is O=C(NNC(=O)c1cccc(S(=O)(=O)NCc2ccc3c(c2)OCO3)c1)c1ccc(Cl)cc1. The molecule has 0 atom stereocenters. The number of rotatable bonds is 6. The van der Waals surface area contributed by atoms with Gasteiger partial charge in [-0.2, -0.15) is 0 Å². The molecule has 11 heteroatoms. The molecule has 0 aromatic heterocycles. The summed E-state index contributed by atoms with van der Waals surface area (Å²) in [5, 5.41) is 0.473. The molecular formula is C22H18ClN3O6S. The van der Waals surface area contributed by atoms with Crippen molar-refractivity contribution < 1.29 is 27.5 Å².